The first-order valence-electron chi connectivity index (χ1n) is 11.5. The smallest absolute Gasteiger partial charge is 0.418 e. The quantitative estimate of drug-likeness (QED) is 0.614. The lowest BCUT2D eigenvalue weighted by molar-refractivity contribution is -0.142. The number of hydrogen-bond acceptors (Lipinski definition) is 5. The van der Waals surface area contributed by atoms with Crippen LogP contribution in [-0.4, -0.2) is 53.9 Å². The van der Waals surface area contributed by atoms with Crippen molar-refractivity contribution in [2.24, 2.45) is 0 Å². The maximum absolute atomic E-state index is 13.5. The van der Waals surface area contributed by atoms with Crippen LogP contribution in [0.2, 0.25) is 0 Å². The van der Waals surface area contributed by atoms with Crippen LogP contribution >= 0.6 is 15.9 Å². The Kier molecular flexibility index (Phi) is 6.00. The number of hydrogen-bond donors (Lipinski definition) is 2. The van der Waals surface area contributed by atoms with Gasteiger partial charge < -0.3 is 20.3 Å². The SMILES string of the molecule is CNC(=O)Nc1ccc2c(c1)CC[C@@]21OC(=O)N(CC(=O)N2CCCC2c2ccccc2Br)C1=O. The van der Waals surface area contributed by atoms with Crippen LogP contribution in [0.1, 0.15) is 42.0 Å². The van der Waals surface area contributed by atoms with E-state index in [2.05, 4.69) is 26.6 Å². The number of aryl methyl sites for hydroxylation is 1. The molecule has 182 valence electrons. The molecule has 2 atom stereocenters. The molecular formula is C25H25BrN4O5. The van der Waals surface area contributed by atoms with E-state index in [1.807, 2.05) is 24.3 Å². The summed E-state index contributed by atoms with van der Waals surface area (Å²) < 4.78 is 6.58. The molecular weight excluding hydrogens is 516 g/mol. The van der Waals surface area contributed by atoms with E-state index >= 15 is 0 Å². The molecule has 10 heteroatoms. The lowest BCUT2D eigenvalue weighted by Gasteiger charge is -2.27. The first-order chi connectivity index (χ1) is 16.8. The molecule has 0 radical (unpaired) electrons. The standard InChI is InChI=1S/C25H25BrN4O5/c1-27-23(33)28-16-8-9-18-15(13-16)10-11-25(18)22(32)30(24(34)35-25)14-21(31)29-12-4-7-20(29)17-5-2-3-6-19(17)26/h2-3,5-6,8-9,13,20H,4,7,10-12,14H2,1H3,(H2,27,28,33)/t20?,25-/m1/s1. The van der Waals surface area contributed by atoms with E-state index in [9.17, 15) is 19.2 Å². The van der Waals surface area contributed by atoms with E-state index in [1.54, 1.807) is 23.1 Å². The maximum Gasteiger partial charge on any atom is 0.418 e. The van der Waals surface area contributed by atoms with E-state index in [1.165, 1.54) is 7.05 Å². The minimum absolute atomic E-state index is 0.112. The number of carbonyl (C=O) groups excluding carboxylic acids is 4. The molecule has 2 fully saturated rings. The summed E-state index contributed by atoms with van der Waals surface area (Å²) in [4.78, 5) is 53.9. The van der Waals surface area contributed by atoms with Crippen molar-refractivity contribution in [3.05, 3.63) is 63.6 Å². The van der Waals surface area contributed by atoms with Gasteiger partial charge in [-0.1, -0.05) is 40.2 Å². The van der Waals surface area contributed by atoms with Gasteiger partial charge in [0.15, 0.2) is 0 Å². The highest BCUT2D eigenvalue weighted by molar-refractivity contribution is 9.10. The number of amides is 5. The third kappa shape index (κ3) is 3.95. The Morgan fingerprint density at radius 1 is 1.20 bits per heavy atom. The molecule has 1 unspecified atom stereocenters. The van der Waals surface area contributed by atoms with Crippen molar-refractivity contribution < 1.29 is 23.9 Å². The molecule has 2 aliphatic heterocycles. The molecule has 5 rings (SSSR count). The zero-order chi connectivity index (χ0) is 24.7. The number of imide groups is 1. The highest BCUT2D eigenvalue weighted by Gasteiger charge is 2.58. The molecule has 9 nitrogen and oxygen atoms in total. The predicted octanol–water partition coefficient (Wildman–Crippen LogP) is 3.68. The number of fused-ring (bicyclic) bond motifs is 2. The maximum atomic E-state index is 13.5. The van der Waals surface area contributed by atoms with Gasteiger partial charge in [0.25, 0.3) is 5.91 Å². The van der Waals surface area contributed by atoms with E-state index in [0.29, 0.717) is 30.6 Å². The Hall–Kier alpha value is -3.40. The van der Waals surface area contributed by atoms with E-state index < -0.39 is 17.6 Å². The largest absolute Gasteiger partial charge is 0.427 e. The fourth-order valence-electron chi connectivity index (χ4n) is 5.28. The molecule has 1 aliphatic carbocycles. The lowest BCUT2D eigenvalue weighted by Crippen LogP contribution is -2.44. The van der Waals surface area contributed by atoms with Crippen molar-refractivity contribution in [2.75, 3.05) is 25.5 Å². The Balaban J connectivity index is 1.34. The van der Waals surface area contributed by atoms with Crippen LogP contribution in [0.15, 0.2) is 46.9 Å². The number of ether oxygens (including phenoxy) is 1. The molecule has 2 saturated heterocycles. The number of benzene rings is 2. The number of anilines is 1. The summed E-state index contributed by atoms with van der Waals surface area (Å²) in [6, 6.07) is 12.5. The van der Waals surface area contributed by atoms with Crippen LogP contribution in [0.3, 0.4) is 0 Å². The second-order valence-electron chi connectivity index (χ2n) is 8.93. The second-order valence-corrected chi connectivity index (χ2v) is 9.78. The van der Waals surface area contributed by atoms with Crippen molar-refractivity contribution in [3.63, 3.8) is 0 Å². The predicted molar refractivity (Wildman–Crippen MR) is 131 cm³/mol. The molecule has 2 aromatic rings. The molecule has 0 aromatic heterocycles. The number of halogens is 1. The lowest BCUT2D eigenvalue weighted by atomic mass is 9.94. The summed E-state index contributed by atoms with van der Waals surface area (Å²) in [5.41, 5.74) is 1.58. The molecule has 35 heavy (non-hydrogen) atoms. The summed E-state index contributed by atoms with van der Waals surface area (Å²) >= 11 is 3.57. The number of urea groups is 1. The van der Waals surface area contributed by atoms with Crippen LogP contribution < -0.4 is 10.6 Å². The van der Waals surface area contributed by atoms with Crippen molar-refractivity contribution in [3.8, 4) is 0 Å². The summed E-state index contributed by atoms with van der Waals surface area (Å²) in [5.74, 6) is -0.799. The van der Waals surface area contributed by atoms with Crippen molar-refractivity contribution in [2.45, 2.75) is 37.3 Å². The molecule has 3 aliphatic rings. The average molecular weight is 541 g/mol. The molecule has 2 aromatic carbocycles. The third-order valence-corrected chi connectivity index (χ3v) is 7.70. The van der Waals surface area contributed by atoms with Crippen LogP contribution in [0, 0.1) is 0 Å². The zero-order valence-electron chi connectivity index (χ0n) is 19.2. The molecule has 0 saturated carbocycles. The Morgan fingerprint density at radius 3 is 2.77 bits per heavy atom. The normalized spacial score (nSPS) is 23.0. The topological polar surface area (TPSA) is 108 Å². The number of nitrogens with zero attached hydrogens (tertiary/aromatic N) is 2. The Bertz CT molecular complexity index is 1230. The summed E-state index contributed by atoms with van der Waals surface area (Å²) in [7, 11) is 1.52. The third-order valence-electron chi connectivity index (χ3n) is 6.97. The Morgan fingerprint density at radius 2 is 2.00 bits per heavy atom. The minimum atomic E-state index is -1.43. The van der Waals surface area contributed by atoms with Crippen LogP contribution in [0.5, 0.6) is 0 Å². The average Bonchev–Trinajstić information content (AvgIpc) is 3.53. The van der Waals surface area contributed by atoms with E-state index in [0.717, 1.165) is 33.3 Å². The molecule has 2 heterocycles. The highest BCUT2D eigenvalue weighted by atomic mass is 79.9. The van der Waals surface area contributed by atoms with Gasteiger partial charge in [0, 0.05) is 35.7 Å². The molecule has 5 amide bonds. The summed E-state index contributed by atoms with van der Waals surface area (Å²) in [6.07, 6.45) is 1.66. The Labute approximate surface area is 210 Å². The fraction of sp³-hybridized carbons (Fsp3) is 0.360. The highest BCUT2D eigenvalue weighted by Crippen LogP contribution is 2.46. The number of nitrogens with one attached hydrogen (secondary N) is 2. The van der Waals surface area contributed by atoms with Gasteiger partial charge in [-0.2, -0.15) is 0 Å². The van der Waals surface area contributed by atoms with Gasteiger partial charge in [-0.15, -0.1) is 0 Å². The molecule has 2 N–H and O–H groups in total. The van der Waals surface area contributed by atoms with Gasteiger partial charge in [0.2, 0.25) is 11.5 Å². The summed E-state index contributed by atoms with van der Waals surface area (Å²) in [5, 5.41) is 5.19. The van der Waals surface area contributed by atoms with Crippen LogP contribution in [-0.2, 0) is 26.3 Å². The van der Waals surface area contributed by atoms with Gasteiger partial charge in [0.1, 0.15) is 6.54 Å². The van der Waals surface area contributed by atoms with Crippen molar-refractivity contribution in [1.29, 1.82) is 0 Å². The first kappa shape index (κ1) is 23.3. The summed E-state index contributed by atoms with van der Waals surface area (Å²) in [6.45, 7) is 0.211. The number of carbonyl (C=O) groups is 4. The van der Waals surface area contributed by atoms with E-state index in [4.69, 9.17) is 4.74 Å². The van der Waals surface area contributed by atoms with Crippen LogP contribution in [0.4, 0.5) is 15.3 Å². The van der Waals surface area contributed by atoms with Crippen molar-refractivity contribution >= 4 is 45.6 Å². The number of rotatable bonds is 4. The van der Waals surface area contributed by atoms with Gasteiger partial charge in [-0.05, 0) is 48.6 Å². The first-order valence-corrected chi connectivity index (χ1v) is 12.3. The van der Waals surface area contributed by atoms with Crippen LogP contribution in [0.25, 0.3) is 0 Å². The fourth-order valence-corrected chi connectivity index (χ4v) is 5.83. The van der Waals surface area contributed by atoms with Gasteiger partial charge in [0.05, 0.1) is 6.04 Å². The van der Waals surface area contributed by atoms with Gasteiger partial charge >= 0.3 is 12.1 Å². The van der Waals surface area contributed by atoms with E-state index in [-0.39, 0.29) is 24.5 Å². The van der Waals surface area contributed by atoms with Gasteiger partial charge in [-0.3, -0.25) is 9.59 Å². The minimum Gasteiger partial charge on any atom is -0.427 e. The van der Waals surface area contributed by atoms with Gasteiger partial charge in [-0.25, -0.2) is 14.5 Å². The molecule has 1 spiro atoms. The zero-order valence-corrected chi connectivity index (χ0v) is 20.8. The van der Waals surface area contributed by atoms with Crippen molar-refractivity contribution in [1.82, 2.24) is 15.1 Å². The monoisotopic (exact) mass is 540 g/mol. The second kappa shape index (κ2) is 8.99. The molecule has 0 bridgehead atoms. The number of likely N-dealkylation sites (tertiary alicyclic amines) is 1.